The number of nitrogens with one attached hydrogen (secondary N) is 1. The van der Waals surface area contributed by atoms with Gasteiger partial charge in [-0.1, -0.05) is 51.8 Å². The van der Waals surface area contributed by atoms with E-state index in [1.807, 2.05) is 11.3 Å². The van der Waals surface area contributed by atoms with E-state index in [9.17, 15) is 0 Å². The van der Waals surface area contributed by atoms with Crippen molar-refractivity contribution in [2.24, 2.45) is 5.92 Å². The Labute approximate surface area is 121 Å². The monoisotopic (exact) mass is 275 g/mol. The molecule has 1 aromatic heterocycles. The summed E-state index contributed by atoms with van der Waals surface area (Å²) < 4.78 is 1.41. The number of hydrogen-bond donors (Lipinski definition) is 1. The molecule has 0 fully saturated rings. The Morgan fingerprint density at radius 3 is 2.53 bits per heavy atom. The van der Waals surface area contributed by atoms with Crippen molar-refractivity contribution in [1.82, 2.24) is 5.32 Å². The van der Waals surface area contributed by atoms with E-state index in [1.54, 1.807) is 0 Å². The molecule has 1 unspecified atom stereocenters. The van der Waals surface area contributed by atoms with E-state index in [4.69, 9.17) is 0 Å². The Bertz CT molecular complexity index is 499. The molecular formula is C17H25NS. The van der Waals surface area contributed by atoms with Crippen LogP contribution in [0, 0.1) is 5.92 Å². The largest absolute Gasteiger partial charge is 0.310 e. The molecule has 0 aliphatic carbocycles. The Morgan fingerprint density at radius 1 is 1.11 bits per heavy atom. The topological polar surface area (TPSA) is 12.0 Å². The Balaban J connectivity index is 2.36. The molecule has 0 radical (unpaired) electrons. The van der Waals surface area contributed by atoms with Crippen molar-refractivity contribution in [3.05, 3.63) is 35.2 Å². The van der Waals surface area contributed by atoms with Crippen LogP contribution in [-0.2, 0) is 0 Å². The fourth-order valence-corrected chi connectivity index (χ4v) is 3.83. The van der Waals surface area contributed by atoms with Gasteiger partial charge in [-0.15, -0.1) is 11.3 Å². The molecule has 2 heteroatoms. The average Bonchev–Trinajstić information content (AvgIpc) is 2.87. The van der Waals surface area contributed by atoms with Gasteiger partial charge in [0.1, 0.15) is 0 Å². The van der Waals surface area contributed by atoms with E-state index < -0.39 is 0 Å². The molecule has 1 atom stereocenters. The Kier molecular flexibility index (Phi) is 5.41. The predicted molar refractivity (Wildman–Crippen MR) is 86.9 cm³/mol. The maximum atomic E-state index is 3.77. The van der Waals surface area contributed by atoms with E-state index in [0.29, 0.717) is 6.04 Å². The minimum Gasteiger partial charge on any atom is -0.310 e. The van der Waals surface area contributed by atoms with Crippen LogP contribution in [0.3, 0.4) is 0 Å². The van der Waals surface area contributed by atoms with Gasteiger partial charge in [-0.3, -0.25) is 0 Å². The molecule has 0 aliphatic rings. The molecule has 1 heterocycles. The van der Waals surface area contributed by atoms with Crippen molar-refractivity contribution >= 4 is 21.4 Å². The first-order valence-corrected chi connectivity index (χ1v) is 8.39. The maximum Gasteiger partial charge on any atom is 0.0362 e. The highest BCUT2D eigenvalue weighted by Gasteiger charge is 2.22. The Hall–Kier alpha value is -0.860. The fraction of sp³-hybridized carbons (Fsp3) is 0.529. The first-order chi connectivity index (χ1) is 9.31. The average molecular weight is 275 g/mol. The summed E-state index contributed by atoms with van der Waals surface area (Å²) in [4.78, 5) is 0. The second kappa shape index (κ2) is 7.06. The summed E-state index contributed by atoms with van der Waals surface area (Å²) in [6, 6.07) is 9.29. The van der Waals surface area contributed by atoms with Crippen molar-refractivity contribution < 1.29 is 0 Å². The quantitative estimate of drug-likeness (QED) is 0.715. The molecule has 2 aromatic rings. The Morgan fingerprint density at radius 2 is 1.84 bits per heavy atom. The van der Waals surface area contributed by atoms with Crippen molar-refractivity contribution in [3.8, 4) is 0 Å². The van der Waals surface area contributed by atoms with Gasteiger partial charge in [0.2, 0.25) is 0 Å². The highest BCUT2D eigenvalue weighted by atomic mass is 32.1. The summed E-state index contributed by atoms with van der Waals surface area (Å²) in [7, 11) is 0. The molecule has 0 bridgehead atoms. The molecule has 0 saturated heterocycles. The SMILES string of the molecule is CCCNC(c1csc2ccccc12)C(CC)CC. The first kappa shape index (κ1) is 14.5. The molecule has 1 N–H and O–H groups in total. The lowest BCUT2D eigenvalue weighted by Crippen LogP contribution is -2.28. The van der Waals surface area contributed by atoms with Crippen molar-refractivity contribution in [3.63, 3.8) is 0 Å². The zero-order chi connectivity index (χ0) is 13.7. The summed E-state index contributed by atoms with van der Waals surface area (Å²) in [6.45, 7) is 7.96. The van der Waals surface area contributed by atoms with Crippen LogP contribution in [0.4, 0.5) is 0 Å². The summed E-state index contributed by atoms with van der Waals surface area (Å²) in [6.07, 6.45) is 3.67. The smallest absolute Gasteiger partial charge is 0.0362 e. The third-order valence-electron chi connectivity index (χ3n) is 3.98. The molecule has 0 saturated carbocycles. The molecule has 0 spiro atoms. The van der Waals surface area contributed by atoms with E-state index in [-0.39, 0.29) is 0 Å². The molecule has 0 amide bonds. The zero-order valence-corrected chi connectivity index (χ0v) is 13.1. The molecule has 0 aliphatic heterocycles. The maximum absolute atomic E-state index is 3.77. The van der Waals surface area contributed by atoms with E-state index in [2.05, 4.69) is 55.7 Å². The van der Waals surface area contributed by atoms with Crippen molar-refractivity contribution in [2.45, 2.75) is 46.1 Å². The molecular weight excluding hydrogens is 250 g/mol. The zero-order valence-electron chi connectivity index (χ0n) is 12.3. The summed E-state index contributed by atoms with van der Waals surface area (Å²) in [5.41, 5.74) is 1.50. The van der Waals surface area contributed by atoms with Gasteiger partial charge in [-0.05, 0) is 41.3 Å². The van der Waals surface area contributed by atoms with Gasteiger partial charge in [0.15, 0.2) is 0 Å². The number of benzene rings is 1. The van der Waals surface area contributed by atoms with E-state index >= 15 is 0 Å². The minimum absolute atomic E-state index is 0.506. The lowest BCUT2D eigenvalue weighted by Gasteiger charge is -2.26. The van der Waals surface area contributed by atoms with Crippen LogP contribution in [-0.4, -0.2) is 6.54 Å². The first-order valence-electron chi connectivity index (χ1n) is 7.51. The van der Waals surface area contributed by atoms with Gasteiger partial charge in [0.05, 0.1) is 0 Å². The highest BCUT2D eigenvalue weighted by molar-refractivity contribution is 7.17. The normalized spacial score (nSPS) is 13.3. The summed E-state index contributed by atoms with van der Waals surface area (Å²) in [5.74, 6) is 0.726. The summed E-state index contributed by atoms with van der Waals surface area (Å²) in [5, 5.41) is 7.57. The standard InChI is InChI=1S/C17H25NS/c1-4-11-18-17(13(5-2)6-3)15-12-19-16-10-8-7-9-14(15)16/h7-10,12-13,17-18H,4-6,11H2,1-3H3. The predicted octanol–water partition coefficient (Wildman–Crippen LogP) is 5.38. The van der Waals surface area contributed by atoms with Gasteiger partial charge < -0.3 is 5.32 Å². The third kappa shape index (κ3) is 3.18. The van der Waals surface area contributed by atoms with Crippen LogP contribution in [0.5, 0.6) is 0 Å². The molecule has 1 nitrogen and oxygen atoms in total. The van der Waals surface area contributed by atoms with Crippen LogP contribution >= 0.6 is 11.3 Å². The van der Waals surface area contributed by atoms with Crippen LogP contribution in [0.2, 0.25) is 0 Å². The lowest BCUT2D eigenvalue weighted by atomic mass is 9.88. The van der Waals surface area contributed by atoms with Crippen LogP contribution in [0.1, 0.15) is 51.6 Å². The second-order valence-electron chi connectivity index (χ2n) is 5.20. The number of thiophene rings is 1. The highest BCUT2D eigenvalue weighted by Crippen LogP contribution is 2.35. The molecule has 2 rings (SSSR count). The van der Waals surface area contributed by atoms with E-state index in [0.717, 1.165) is 12.5 Å². The lowest BCUT2D eigenvalue weighted by molar-refractivity contribution is 0.344. The van der Waals surface area contributed by atoms with Gasteiger partial charge in [0.25, 0.3) is 0 Å². The van der Waals surface area contributed by atoms with Gasteiger partial charge in [-0.2, -0.15) is 0 Å². The van der Waals surface area contributed by atoms with Crippen LogP contribution in [0.25, 0.3) is 10.1 Å². The van der Waals surface area contributed by atoms with Gasteiger partial charge in [-0.25, -0.2) is 0 Å². The number of fused-ring (bicyclic) bond motifs is 1. The van der Waals surface area contributed by atoms with Gasteiger partial charge >= 0.3 is 0 Å². The fourth-order valence-electron chi connectivity index (χ4n) is 2.83. The second-order valence-corrected chi connectivity index (χ2v) is 6.11. The molecule has 1 aromatic carbocycles. The number of rotatable bonds is 7. The van der Waals surface area contributed by atoms with Crippen molar-refractivity contribution in [1.29, 1.82) is 0 Å². The number of hydrogen-bond acceptors (Lipinski definition) is 2. The van der Waals surface area contributed by atoms with Crippen LogP contribution < -0.4 is 5.32 Å². The third-order valence-corrected chi connectivity index (χ3v) is 4.96. The molecule has 104 valence electrons. The van der Waals surface area contributed by atoms with Gasteiger partial charge in [0, 0.05) is 10.7 Å². The summed E-state index contributed by atoms with van der Waals surface area (Å²) >= 11 is 1.87. The van der Waals surface area contributed by atoms with E-state index in [1.165, 1.54) is 34.9 Å². The molecule has 19 heavy (non-hydrogen) atoms. The van der Waals surface area contributed by atoms with Crippen LogP contribution in [0.15, 0.2) is 29.6 Å². The minimum atomic E-state index is 0.506. The van der Waals surface area contributed by atoms with Crippen molar-refractivity contribution in [2.75, 3.05) is 6.54 Å².